The fourth-order valence-electron chi connectivity index (χ4n) is 1.53. The Labute approximate surface area is 102 Å². The van der Waals surface area contributed by atoms with E-state index in [1.165, 1.54) is 0 Å². The minimum absolute atomic E-state index is 0.126. The molecule has 1 aliphatic heterocycles. The molecule has 0 amide bonds. The van der Waals surface area contributed by atoms with Crippen molar-refractivity contribution in [1.29, 1.82) is 0 Å². The molecule has 2 rings (SSSR count). The molecule has 1 unspecified atom stereocenters. The molecule has 1 atom stereocenters. The summed E-state index contributed by atoms with van der Waals surface area (Å²) in [6.45, 7) is 2.72. The van der Waals surface area contributed by atoms with Crippen molar-refractivity contribution < 1.29 is 14.6 Å². The van der Waals surface area contributed by atoms with Gasteiger partial charge in [-0.2, -0.15) is 0 Å². The molecule has 1 aromatic carbocycles. The predicted octanol–water partition coefficient (Wildman–Crippen LogP) is 1.39. The van der Waals surface area contributed by atoms with E-state index in [2.05, 4.69) is 15.9 Å². The fraction of sp³-hybridized carbons (Fsp3) is 0.455. The zero-order chi connectivity index (χ0) is 11.8. The lowest BCUT2D eigenvalue weighted by Gasteiger charge is -2.26. The Hall–Kier alpha value is -0.780. The van der Waals surface area contributed by atoms with E-state index in [0.717, 1.165) is 10.0 Å². The molecule has 3 N–H and O–H groups in total. The molecule has 0 saturated heterocycles. The lowest BCUT2D eigenvalue weighted by atomic mass is 9.94. The Balaban J connectivity index is 2.47. The third-order valence-electron chi connectivity index (χ3n) is 2.58. The Morgan fingerprint density at radius 2 is 2.12 bits per heavy atom. The number of hydrogen-bond acceptors (Lipinski definition) is 4. The molecular weight excluding hydrogens is 274 g/mol. The maximum absolute atomic E-state index is 9.23. The average Bonchev–Trinajstić information content (AvgIpc) is 2.29. The Bertz CT molecular complexity index is 406. The molecule has 1 heterocycles. The lowest BCUT2D eigenvalue weighted by molar-refractivity contribution is 0.168. The van der Waals surface area contributed by atoms with Crippen molar-refractivity contribution in [2.45, 2.75) is 12.5 Å². The van der Waals surface area contributed by atoms with Crippen LogP contribution in [0, 0.1) is 0 Å². The Morgan fingerprint density at radius 1 is 1.44 bits per heavy atom. The Kier molecular flexibility index (Phi) is 3.10. The van der Waals surface area contributed by atoms with Crippen molar-refractivity contribution >= 4 is 15.9 Å². The smallest absolute Gasteiger partial charge is 0.175 e. The van der Waals surface area contributed by atoms with E-state index in [1.54, 1.807) is 6.92 Å². The summed E-state index contributed by atoms with van der Waals surface area (Å²) in [5.41, 5.74) is 6.00. The first kappa shape index (κ1) is 11.7. The first-order valence-electron chi connectivity index (χ1n) is 5.04. The number of rotatable bonds is 2. The van der Waals surface area contributed by atoms with E-state index in [9.17, 15) is 5.11 Å². The van der Waals surface area contributed by atoms with Crippen molar-refractivity contribution in [2.24, 2.45) is 5.73 Å². The molecule has 4 nitrogen and oxygen atoms in total. The van der Waals surface area contributed by atoms with Gasteiger partial charge in [-0.3, -0.25) is 0 Å². The number of nitrogens with two attached hydrogens (primary N) is 1. The van der Waals surface area contributed by atoms with Gasteiger partial charge >= 0.3 is 0 Å². The molecule has 16 heavy (non-hydrogen) atoms. The molecule has 0 aliphatic carbocycles. The molecule has 0 aromatic heterocycles. The molecule has 0 radical (unpaired) electrons. The molecule has 88 valence electrons. The summed E-state index contributed by atoms with van der Waals surface area (Å²) >= 11 is 3.41. The lowest BCUT2D eigenvalue weighted by Crippen LogP contribution is -2.37. The maximum atomic E-state index is 9.23. The third kappa shape index (κ3) is 2.03. The van der Waals surface area contributed by atoms with Crippen LogP contribution in [0.15, 0.2) is 16.6 Å². The zero-order valence-electron chi connectivity index (χ0n) is 9.00. The number of benzene rings is 1. The van der Waals surface area contributed by atoms with Crippen molar-refractivity contribution in [3.05, 3.63) is 22.2 Å². The highest BCUT2D eigenvalue weighted by Crippen LogP contribution is 2.40. The van der Waals surface area contributed by atoms with E-state index in [-0.39, 0.29) is 6.61 Å². The predicted molar refractivity (Wildman–Crippen MR) is 63.8 cm³/mol. The molecule has 0 bridgehead atoms. The summed E-state index contributed by atoms with van der Waals surface area (Å²) in [6.07, 6.45) is 0. The topological polar surface area (TPSA) is 64.7 Å². The number of hydrogen-bond donors (Lipinski definition) is 2. The van der Waals surface area contributed by atoms with Gasteiger partial charge in [-0.15, -0.1) is 0 Å². The first-order valence-corrected chi connectivity index (χ1v) is 5.83. The molecule has 0 fully saturated rings. The van der Waals surface area contributed by atoms with E-state index < -0.39 is 5.54 Å². The second kappa shape index (κ2) is 4.24. The minimum atomic E-state index is -0.779. The Morgan fingerprint density at radius 3 is 2.81 bits per heavy atom. The van der Waals surface area contributed by atoms with Crippen LogP contribution in [-0.4, -0.2) is 24.9 Å². The van der Waals surface area contributed by atoms with Crippen LogP contribution in [0.1, 0.15) is 12.5 Å². The average molecular weight is 288 g/mol. The van der Waals surface area contributed by atoms with Crippen molar-refractivity contribution in [3.63, 3.8) is 0 Å². The van der Waals surface area contributed by atoms with Gasteiger partial charge in [0.2, 0.25) is 0 Å². The van der Waals surface area contributed by atoms with Crippen molar-refractivity contribution in [2.75, 3.05) is 19.8 Å². The van der Waals surface area contributed by atoms with Crippen LogP contribution in [0.3, 0.4) is 0 Å². The monoisotopic (exact) mass is 287 g/mol. The van der Waals surface area contributed by atoms with Crippen molar-refractivity contribution in [3.8, 4) is 11.5 Å². The van der Waals surface area contributed by atoms with Gasteiger partial charge in [0.25, 0.3) is 0 Å². The van der Waals surface area contributed by atoms with Crippen LogP contribution >= 0.6 is 15.9 Å². The third-order valence-corrected chi connectivity index (χ3v) is 3.17. The van der Waals surface area contributed by atoms with Gasteiger partial charge in [-0.05, 0) is 40.5 Å². The standard InChI is InChI=1S/C11H14BrNO3/c1-11(13,6-14)7-4-8(12)10-9(5-7)15-2-3-16-10/h4-5,14H,2-3,6,13H2,1H3. The second-order valence-electron chi connectivity index (χ2n) is 4.06. The quantitative estimate of drug-likeness (QED) is 0.863. The molecule has 0 saturated carbocycles. The summed E-state index contributed by atoms with van der Waals surface area (Å²) in [5, 5.41) is 9.23. The van der Waals surface area contributed by atoms with E-state index in [0.29, 0.717) is 24.7 Å². The number of ether oxygens (including phenoxy) is 2. The molecular formula is C11H14BrNO3. The van der Waals surface area contributed by atoms with E-state index >= 15 is 0 Å². The van der Waals surface area contributed by atoms with Gasteiger partial charge in [0.15, 0.2) is 11.5 Å². The van der Waals surface area contributed by atoms with Gasteiger partial charge in [-0.25, -0.2) is 0 Å². The van der Waals surface area contributed by atoms with Crippen molar-refractivity contribution in [1.82, 2.24) is 0 Å². The number of aliphatic hydroxyl groups is 1. The number of fused-ring (bicyclic) bond motifs is 1. The van der Waals surface area contributed by atoms with Gasteiger partial charge in [0.1, 0.15) is 13.2 Å². The summed E-state index contributed by atoms with van der Waals surface area (Å²) in [5.74, 6) is 1.37. The van der Waals surface area contributed by atoms with Gasteiger partial charge in [-0.1, -0.05) is 0 Å². The van der Waals surface area contributed by atoms with Crippen LogP contribution in [0.25, 0.3) is 0 Å². The fourth-order valence-corrected chi connectivity index (χ4v) is 2.09. The second-order valence-corrected chi connectivity index (χ2v) is 4.91. The normalized spacial score (nSPS) is 18.0. The largest absolute Gasteiger partial charge is 0.486 e. The molecule has 1 aromatic rings. The van der Waals surface area contributed by atoms with Crippen LogP contribution in [0.2, 0.25) is 0 Å². The van der Waals surface area contributed by atoms with Gasteiger partial charge in [0, 0.05) is 0 Å². The first-order chi connectivity index (χ1) is 7.54. The SMILES string of the molecule is CC(N)(CO)c1cc(Br)c2c(c1)OCCO2. The van der Waals surface area contributed by atoms with Crippen LogP contribution in [0.5, 0.6) is 11.5 Å². The molecule has 0 spiro atoms. The van der Waals surface area contributed by atoms with E-state index in [1.807, 2.05) is 12.1 Å². The summed E-state index contributed by atoms with van der Waals surface area (Å²) < 4.78 is 11.8. The molecule has 1 aliphatic rings. The van der Waals surface area contributed by atoms with Crippen LogP contribution in [-0.2, 0) is 5.54 Å². The van der Waals surface area contributed by atoms with Gasteiger partial charge < -0.3 is 20.3 Å². The summed E-state index contributed by atoms with van der Waals surface area (Å²) in [4.78, 5) is 0. The number of aliphatic hydroxyl groups excluding tert-OH is 1. The zero-order valence-corrected chi connectivity index (χ0v) is 10.6. The maximum Gasteiger partial charge on any atom is 0.175 e. The van der Waals surface area contributed by atoms with Crippen LogP contribution < -0.4 is 15.2 Å². The number of halogens is 1. The van der Waals surface area contributed by atoms with Gasteiger partial charge in [0.05, 0.1) is 16.6 Å². The summed E-state index contributed by atoms with van der Waals surface area (Å²) in [7, 11) is 0. The van der Waals surface area contributed by atoms with E-state index in [4.69, 9.17) is 15.2 Å². The highest BCUT2D eigenvalue weighted by Gasteiger charge is 2.25. The molecule has 5 heteroatoms. The summed E-state index contributed by atoms with van der Waals surface area (Å²) in [6, 6.07) is 3.67. The highest BCUT2D eigenvalue weighted by atomic mass is 79.9. The highest BCUT2D eigenvalue weighted by molar-refractivity contribution is 9.10. The van der Waals surface area contributed by atoms with Crippen LogP contribution in [0.4, 0.5) is 0 Å². The minimum Gasteiger partial charge on any atom is -0.486 e.